The summed E-state index contributed by atoms with van der Waals surface area (Å²) in [5, 5.41) is 15.7. The Labute approximate surface area is 371 Å². The number of para-hydroxylation sites is 3. The number of hydrogen-bond acceptors (Lipinski definition) is 3. The van der Waals surface area contributed by atoms with E-state index in [4.69, 9.17) is 14.4 Å². The van der Waals surface area contributed by atoms with Gasteiger partial charge < -0.3 is 13.6 Å². The topological polar surface area (TPSA) is 48.8 Å². The summed E-state index contributed by atoms with van der Waals surface area (Å²) in [4.78, 5) is 10.9. The molecule has 0 atom stereocenters. The van der Waals surface area contributed by atoms with Crippen molar-refractivity contribution in [3.05, 3.63) is 206 Å². The Morgan fingerprint density at radius 2 is 1.03 bits per heavy atom. The summed E-state index contributed by atoms with van der Waals surface area (Å²) < 4.78 is 11.5. The van der Waals surface area contributed by atoms with Gasteiger partial charge in [-0.05, 0) is 99.0 Å². The maximum Gasteiger partial charge on any atom is 0.180 e. The molecule has 0 aliphatic heterocycles. The minimum Gasteiger partial charge on any atom is -0.452 e. The fourth-order valence-corrected chi connectivity index (χ4v) is 11.1. The lowest BCUT2D eigenvalue weighted by molar-refractivity contribution is 0.667. The Bertz CT molecular complexity index is 4470. The molecule has 15 aromatic rings. The molecule has 0 aliphatic rings. The summed E-state index contributed by atoms with van der Waals surface area (Å²) in [6.45, 7) is 0. The number of aromatic nitrogens is 4. The Morgan fingerprint density at radius 1 is 0.369 bits per heavy atom. The summed E-state index contributed by atoms with van der Waals surface area (Å²) in [6, 6.07) is 74.2. The second kappa shape index (κ2) is 12.9. The van der Waals surface area contributed by atoms with Crippen LogP contribution in [-0.2, 0) is 0 Å². The molecule has 0 unspecified atom stereocenters. The summed E-state index contributed by atoms with van der Waals surface area (Å²) in [5.41, 5.74) is 11.9. The lowest BCUT2D eigenvalue weighted by Gasteiger charge is -2.15. The summed E-state index contributed by atoms with van der Waals surface area (Å²) in [7, 11) is 0. The number of nitrogens with zero attached hydrogens (tertiary/aromatic N) is 4. The number of fused-ring (bicyclic) bond motifs is 12. The molecule has 0 spiro atoms. The van der Waals surface area contributed by atoms with Crippen LogP contribution in [0.3, 0.4) is 0 Å². The molecule has 0 amide bonds. The first-order valence-electron chi connectivity index (χ1n) is 22.2. The van der Waals surface area contributed by atoms with E-state index in [1.807, 2.05) is 12.1 Å². The van der Waals surface area contributed by atoms with Crippen LogP contribution in [0.1, 0.15) is 0 Å². The lowest BCUT2D eigenvalue weighted by atomic mass is 9.91. The van der Waals surface area contributed by atoms with Gasteiger partial charge in [0.25, 0.3) is 0 Å². The van der Waals surface area contributed by atoms with Crippen molar-refractivity contribution < 1.29 is 4.42 Å². The van der Waals surface area contributed by atoms with Gasteiger partial charge in [0, 0.05) is 54.5 Å². The van der Waals surface area contributed by atoms with Gasteiger partial charge in [-0.1, -0.05) is 140 Å². The smallest absolute Gasteiger partial charge is 0.180 e. The third kappa shape index (κ3) is 4.71. The van der Waals surface area contributed by atoms with Gasteiger partial charge in [-0.15, -0.1) is 0 Å². The highest BCUT2D eigenvalue weighted by Crippen LogP contribution is 2.48. The average molecular weight is 827 g/mol. The molecule has 300 valence electrons. The molecule has 0 saturated heterocycles. The second-order valence-corrected chi connectivity index (χ2v) is 17.2. The van der Waals surface area contributed by atoms with Gasteiger partial charge in [0.1, 0.15) is 16.8 Å². The molecule has 0 bridgehead atoms. The second-order valence-electron chi connectivity index (χ2n) is 17.2. The molecule has 11 aromatic carbocycles. The van der Waals surface area contributed by atoms with Crippen molar-refractivity contribution in [3.63, 3.8) is 0 Å². The third-order valence-electron chi connectivity index (χ3n) is 13.9. The highest BCUT2D eigenvalue weighted by Gasteiger charge is 2.25. The van der Waals surface area contributed by atoms with Crippen LogP contribution < -0.4 is 0 Å². The molecule has 4 heterocycles. The van der Waals surface area contributed by atoms with Crippen molar-refractivity contribution in [2.45, 2.75) is 0 Å². The molecule has 0 aliphatic carbocycles. The van der Waals surface area contributed by atoms with Crippen molar-refractivity contribution in [3.8, 4) is 34.0 Å². The quantitative estimate of drug-likeness (QED) is 0.166. The number of furan rings is 1. The molecular weight excluding hydrogens is 793 g/mol. The maximum atomic E-state index is 6.68. The van der Waals surface area contributed by atoms with E-state index in [2.05, 4.69) is 203 Å². The molecule has 0 N–H and O–H groups in total. The predicted molar refractivity (Wildman–Crippen MR) is 270 cm³/mol. The first-order chi connectivity index (χ1) is 32.3. The van der Waals surface area contributed by atoms with E-state index in [-0.39, 0.29) is 0 Å². The first kappa shape index (κ1) is 34.7. The highest BCUT2D eigenvalue weighted by atomic mass is 16.3. The Hall–Kier alpha value is -8.80. The van der Waals surface area contributed by atoms with Crippen molar-refractivity contribution in [1.29, 1.82) is 0 Å². The fraction of sp³-hybridized carbons (Fsp3) is 0. The van der Waals surface area contributed by atoms with Gasteiger partial charge in [0.15, 0.2) is 11.4 Å². The number of benzene rings is 11. The van der Waals surface area contributed by atoms with Crippen LogP contribution in [0.25, 0.3) is 143 Å². The van der Waals surface area contributed by atoms with E-state index >= 15 is 0 Å². The van der Waals surface area contributed by atoms with Crippen molar-refractivity contribution in [2.24, 2.45) is 0 Å². The monoisotopic (exact) mass is 826 g/mol. The van der Waals surface area contributed by atoms with Gasteiger partial charge in [-0.3, -0.25) is 0 Å². The fourth-order valence-electron chi connectivity index (χ4n) is 11.1. The Morgan fingerprint density at radius 3 is 1.91 bits per heavy atom. The molecular formula is C60H34N4O. The van der Waals surface area contributed by atoms with Gasteiger partial charge in [0.2, 0.25) is 0 Å². The number of rotatable bonds is 4. The van der Waals surface area contributed by atoms with Crippen molar-refractivity contribution in [2.75, 3.05) is 0 Å². The van der Waals surface area contributed by atoms with Gasteiger partial charge >= 0.3 is 0 Å². The normalized spacial score (nSPS) is 12.3. The van der Waals surface area contributed by atoms with E-state index in [1.54, 1.807) is 0 Å². The average Bonchev–Trinajstić information content (AvgIpc) is 4.03. The zero-order valence-corrected chi connectivity index (χ0v) is 34.8. The summed E-state index contributed by atoms with van der Waals surface area (Å²) >= 11 is 0. The lowest BCUT2D eigenvalue weighted by Crippen LogP contribution is -1.99. The minimum absolute atomic E-state index is 0.653. The standard InChI is InChI=1S/C60H34N4O/c1-2-16-37(17-3-1)63-48-26-12-10-22-42(48)47-33-36(29-31-50(47)63)57-59-58(46-24-11-13-28-53(46)65-59)62-60(61-57)45-30-32-49(41-21-8-6-19-39(41)45)64-51-27-14-25-44-40-20-7-9-23-43(40)54-38-18-5-4-15-35(38)34-52(64)56(54)55(44)51/h1-34H. The van der Waals surface area contributed by atoms with Crippen LogP contribution in [0.5, 0.6) is 0 Å². The molecule has 15 rings (SSSR count). The van der Waals surface area contributed by atoms with Crippen LogP contribution in [0.4, 0.5) is 0 Å². The van der Waals surface area contributed by atoms with Gasteiger partial charge in [-0.2, -0.15) is 0 Å². The van der Waals surface area contributed by atoms with Gasteiger partial charge in [0.05, 0.1) is 27.8 Å². The largest absolute Gasteiger partial charge is 0.452 e. The molecule has 65 heavy (non-hydrogen) atoms. The first-order valence-corrected chi connectivity index (χ1v) is 22.2. The van der Waals surface area contributed by atoms with Crippen LogP contribution in [-0.4, -0.2) is 19.1 Å². The summed E-state index contributed by atoms with van der Waals surface area (Å²) in [6.07, 6.45) is 0. The zero-order valence-electron chi connectivity index (χ0n) is 34.8. The molecule has 5 nitrogen and oxygen atoms in total. The molecule has 4 aromatic heterocycles. The van der Waals surface area contributed by atoms with Crippen molar-refractivity contribution in [1.82, 2.24) is 19.1 Å². The maximum absolute atomic E-state index is 6.68. The Kier molecular flexibility index (Phi) is 6.89. The zero-order chi connectivity index (χ0) is 42.3. The van der Waals surface area contributed by atoms with E-state index in [0.717, 1.165) is 71.9 Å². The SMILES string of the molecule is c1ccc(-n2c3ccccc3c3cc(-c4nc(-c5ccc(-n6c7cccc8c9ccccc9c9c%10ccccc%10cc6c9c87)c6ccccc56)nc5c4oc4ccccc45)ccc32)cc1. The van der Waals surface area contributed by atoms with E-state index in [1.165, 1.54) is 59.5 Å². The molecule has 0 radical (unpaired) electrons. The highest BCUT2D eigenvalue weighted by molar-refractivity contribution is 6.39. The third-order valence-corrected chi connectivity index (χ3v) is 13.9. The van der Waals surface area contributed by atoms with E-state index in [0.29, 0.717) is 11.4 Å². The number of hydrogen-bond donors (Lipinski definition) is 0. The minimum atomic E-state index is 0.653. The van der Waals surface area contributed by atoms with E-state index in [9.17, 15) is 0 Å². The molecule has 5 heteroatoms. The van der Waals surface area contributed by atoms with Crippen molar-refractivity contribution >= 4 is 109 Å². The van der Waals surface area contributed by atoms with Crippen LogP contribution in [0, 0.1) is 0 Å². The predicted octanol–water partition coefficient (Wildman–Crippen LogP) is 16.0. The van der Waals surface area contributed by atoms with Crippen LogP contribution >= 0.6 is 0 Å². The van der Waals surface area contributed by atoms with Crippen LogP contribution in [0.15, 0.2) is 211 Å². The van der Waals surface area contributed by atoms with Crippen LogP contribution in [0.2, 0.25) is 0 Å². The van der Waals surface area contributed by atoms with E-state index < -0.39 is 0 Å². The summed E-state index contributed by atoms with van der Waals surface area (Å²) in [5.74, 6) is 0.653. The Balaban J connectivity index is 0.997. The molecule has 0 saturated carbocycles. The van der Waals surface area contributed by atoms with Gasteiger partial charge in [-0.25, -0.2) is 9.97 Å². The molecule has 0 fully saturated rings.